The normalized spacial score (nSPS) is 12.8. The summed E-state index contributed by atoms with van der Waals surface area (Å²) >= 11 is 2.99. The van der Waals surface area contributed by atoms with Gasteiger partial charge < -0.3 is 0 Å². The summed E-state index contributed by atoms with van der Waals surface area (Å²) in [4.78, 5) is 3.46. The molecule has 16 heavy (non-hydrogen) atoms. The summed E-state index contributed by atoms with van der Waals surface area (Å²) in [5, 5.41) is -0.467. The van der Waals surface area contributed by atoms with Crippen molar-refractivity contribution in [2.24, 2.45) is 0 Å². The molecule has 1 heterocycles. The lowest BCUT2D eigenvalue weighted by molar-refractivity contribution is -0.121. The van der Waals surface area contributed by atoms with Gasteiger partial charge in [0.05, 0.1) is 0 Å². The number of hydrogen-bond donors (Lipinski definition) is 1. The molecule has 0 spiro atoms. The number of aromatic nitrogens is 1. The van der Waals surface area contributed by atoms with Crippen LogP contribution in [0.1, 0.15) is 0 Å². The fourth-order valence-electron chi connectivity index (χ4n) is 0.783. The molecule has 0 amide bonds. The molecule has 0 aromatic carbocycles. The third kappa shape index (κ3) is 4.06. The Morgan fingerprint density at radius 2 is 2.06 bits per heavy atom. The maximum absolute atomic E-state index is 11.8. The van der Waals surface area contributed by atoms with Crippen molar-refractivity contribution in [2.45, 2.75) is 11.2 Å². The van der Waals surface area contributed by atoms with Crippen molar-refractivity contribution in [2.75, 3.05) is 6.54 Å². The second kappa shape index (κ2) is 4.68. The highest BCUT2D eigenvalue weighted by molar-refractivity contribution is 9.10. The van der Waals surface area contributed by atoms with Crippen LogP contribution in [0.15, 0.2) is 27.8 Å². The van der Waals surface area contributed by atoms with E-state index in [0.29, 0.717) is 4.47 Å². The van der Waals surface area contributed by atoms with Gasteiger partial charge in [0.15, 0.2) is 5.03 Å². The van der Waals surface area contributed by atoms with Crippen LogP contribution in [0.4, 0.5) is 13.2 Å². The Hall–Kier alpha value is -0.670. The third-order valence-corrected chi connectivity index (χ3v) is 3.23. The first-order valence-corrected chi connectivity index (χ1v) is 6.16. The van der Waals surface area contributed by atoms with Gasteiger partial charge in [0, 0.05) is 10.7 Å². The maximum atomic E-state index is 11.8. The monoisotopic (exact) mass is 318 g/mol. The quantitative estimate of drug-likeness (QED) is 0.922. The average molecular weight is 319 g/mol. The Morgan fingerprint density at radius 1 is 1.44 bits per heavy atom. The van der Waals surface area contributed by atoms with Crippen molar-refractivity contribution in [3.05, 3.63) is 22.8 Å². The lowest BCUT2D eigenvalue weighted by atomic mass is 10.5. The van der Waals surface area contributed by atoms with E-state index in [2.05, 4.69) is 20.9 Å². The van der Waals surface area contributed by atoms with Gasteiger partial charge in [0.2, 0.25) is 0 Å². The number of sulfonamides is 1. The molecule has 0 aliphatic carbocycles. The predicted octanol–water partition coefficient (Wildman–Crippen LogP) is 1.68. The van der Waals surface area contributed by atoms with Crippen LogP contribution < -0.4 is 4.72 Å². The van der Waals surface area contributed by atoms with Crippen LogP contribution in [0.25, 0.3) is 0 Å². The molecule has 9 heteroatoms. The lowest BCUT2D eigenvalue weighted by Crippen LogP contribution is -2.34. The minimum absolute atomic E-state index is 0.412. The topological polar surface area (TPSA) is 59.1 Å². The molecule has 4 nitrogen and oxygen atoms in total. The van der Waals surface area contributed by atoms with Gasteiger partial charge in [0.1, 0.15) is 6.54 Å². The van der Waals surface area contributed by atoms with Crippen LogP contribution in [0.5, 0.6) is 0 Å². The average Bonchev–Trinajstić information content (AvgIpc) is 2.14. The molecule has 0 unspecified atom stereocenters. The highest BCUT2D eigenvalue weighted by Gasteiger charge is 2.30. The van der Waals surface area contributed by atoms with Gasteiger partial charge >= 0.3 is 6.18 Å². The van der Waals surface area contributed by atoms with E-state index in [0.717, 1.165) is 6.07 Å². The predicted molar refractivity (Wildman–Crippen MR) is 53.2 cm³/mol. The summed E-state index contributed by atoms with van der Waals surface area (Å²) in [5.41, 5.74) is 0. The highest BCUT2D eigenvalue weighted by atomic mass is 79.9. The zero-order valence-corrected chi connectivity index (χ0v) is 10.0. The van der Waals surface area contributed by atoms with E-state index < -0.39 is 27.8 Å². The van der Waals surface area contributed by atoms with Crippen molar-refractivity contribution in [1.29, 1.82) is 0 Å². The molecule has 1 aromatic heterocycles. The maximum Gasteiger partial charge on any atom is 0.402 e. The molecule has 0 radical (unpaired) electrons. The molecule has 0 bridgehead atoms. The molecule has 0 saturated heterocycles. The van der Waals surface area contributed by atoms with E-state index in [4.69, 9.17) is 0 Å². The summed E-state index contributed by atoms with van der Waals surface area (Å²) < 4.78 is 60.0. The third-order valence-electron chi connectivity index (χ3n) is 1.43. The lowest BCUT2D eigenvalue weighted by Gasteiger charge is -2.08. The summed E-state index contributed by atoms with van der Waals surface area (Å²) in [5.74, 6) is 0. The van der Waals surface area contributed by atoms with Crippen molar-refractivity contribution in [3.8, 4) is 0 Å². The molecular weight excluding hydrogens is 313 g/mol. The molecular formula is C7H6BrF3N2O2S. The fraction of sp³-hybridized carbons (Fsp3) is 0.286. The minimum Gasteiger partial charge on any atom is -0.243 e. The Morgan fingerprint density at radius 3 is 2.56 bits per heavy atom. The van der Waals surface area contributed by atoms with Gasteiger partial charge in [-0.1, -0.05) is 15.9 Å². The molecule has 1 N–H and O–H groups in total. The number of halogens is 4. The summed E-state index contributed by atoms with van der Waals surface area (Å²) in [6, 6.07) is 2.57. The van der Waals surface area contributed by atoms with E-state index in [1.807, 2.05) is 0 Å². The van der Waals surface area contributed by atoms with Crippen LogP contribution in [-0.2, 0) is 10.0 Å². The highest BCUT2D eigenvalue weighted by Crippen LogP contribution is 2.16. The van der Waals surface area contributed by atoms with Crippen molar-refractivity contribution < 1.29 is 21.6 Å². The zero-order valence-electron chi connectivity index (χ0n) is 7.62. The number of nitrogens with one attached hydrogen (secondary N) is 1. The van der Waals surface area contributed by atoms with Crippen LogP contribution in [0, 0.1) is 0 Å². The van der Waals surface area contributed by atoms with Gasteiger partial charge in [-0.05, 0) is 12.1 Å². The van der Waals surface area contributed by atoms with Gasteiger partial charge in [-0.3, -0.25) is 0 Å². The standard InChI is InChI=1S/C7H6BrF3N2O2S/c8-5-1-2-12-6(3-5)16(14,15)13-4-7(9,10)11/h1-3,13H,4H2. The smallest absolute Gasteiger partial charge is 0.243 e. The van der Waals surface area contributed by atoms with Crippen molar-refractivity contribution >= 4 is 26.0 Å². The summed E-state index contributed by atoms with van der Waals surface area (Å²) in [6.45, 7) is -1.62. The molecule has 1 aromatic rings. The number of alkyl halides is 3. The Labute approximate surface area is 98.1 Å². The van der Waals surface area contributed by atoms with Crippen molar-refractivity contribution in [1.82, 2.24) is 9.71 Å². The Balaban J connectivity index is 2.87. The van der Waals surface area contributed by atoms with E-state index in [-0.39, 0.29) is 0 Å². The first kappa shape index (κ1) is 13.4. The van der Waals surface area contributed by atoms with E-state index in [1.54, 1.807) is 0 Å². The first-order chi connectivity index (χ1) is 7.21. The molecule has 0 aliphatic rings. The van der Waals surface area contributed by atoms with Crippen molar-refractivity contribution in [3.63, 3.8) is 0 Å². The summed E-state index contributed by atoms with van der Waals surface area (Å²) in [6.07, 6.45) is -3.43. The first-order valence-electron chi connectivity index (χ1n) is 3.89. The minimum atomic E-state index is -4.60. The number of rotatable bonds is 3. The van der Waals surface area contributed by atoms with Gasteiger partial charge in [-0.2, -0.15) is 13.2 Å². The largest absolute Gasteiger partial charge is 0.402 e. The molecule has 1 rings (SSSR count). The van der Waals surface area contributed by atoms with Gasteiger partial charge in [0.25, 0.3) is 10.0 Å². The van der Waals surface area contributed by atoms with E-state index in [9.17, 15) is 21.6 Å². The molecule has 0 atom stereocenters. The van der Waals surface area contributed by atoms with E-state index >= 15 is 0 Å². The molecule has 0 fully saturated rings. The second-order valence-corrected chi connectivity index (χ2v) is 5.38. The number of hydrogen-bond acceptors (Lipinski definition) is 3. The fourth-order valence-corrected chi connectivity index (χ4v) is 2.25. The molecule has 0 saturated carbocycles. The Kier molecular flexibility index (Phi) is 3.92. The number of nitrogens with zero attached hydrogens (tertiary/aromatic N) is 1. The number of pyridine rings is 1. The SMILES string of the molecule is O=S(=O)(NCC(F)(F)F)c1cc(Br)ccn1. The summed E-state index contributed by atoms with van der Waals surface area (Å²) in [7, 11) is -4.23. The molecule has 90 valence electrons. The zero-order chi connectivity index (χ0) is 12.4. The van der Waals surface area contributed by atoms with E-state index in [1.165, 1.54) is 17.0 Å². The van der Waals surface area contributed by atoms with Crippen LogP contribution >= 0.6 is 15.9 Å². The van der Waals surface area contributed by atoms with Gasteiger partial charge in [-0.15, -0.1) is 0 Å². The second-order valence-electron chi connectivity index (χ2n) is 2.75. The van der Waals surface area contributed by atoms with Crippen LogP contribution in [0.2, 0.25) is 0 Å². The van der Waals surface area contributed by atoms with Gasteiger partial charge in [-0.25, -0.2) is 18.1 Å². The van der Waals surface area contributed by atoms with Crippen LogP contribution in [0.3, 0.4) is 0 Å². The Bertz CT molecular complexity index is 475. The van der Waals surface area contributed by atoms with Crippen LogP contribution in [-0.4, -0.2) is 26.1 Å². The molecule has 0 aliphatic heterocycles.